The number of hydrogen-bond donors (Lipinski definition) is 2. The summed E-state index contributed by atoms with van der Waals surface area (Å²) in [5, 5.41) is 6.17. The predicted molar refractivity (Wildman–Crippen MR) is 110 cm³/mol. The first-order chi connectivity index (χ1) is 12.9. The van der Waals surface area contributed by atoms with Gasteiger partial charge in [0.2, 0.25) is 0 Å². The molecule has 0 atom stereocenters. The quantitative estimate of drug-likeness (QED) is 0.714. The Morgan fingerprint density at radius 1 is 0.889 bits per heavy atom. The Morgan fingerprint density at radius 3 is 2.15 bits per heavy atom. The molecule has 0 bridgehead atoms. The minimum Gasteiger partial charge on any atom is -0.363 e. The summed E-state index contributed by atoms with van der Waals surface area (Å²) in [6.07, 6.45) is 0. The van der Waals surface area contributed by atoms with Gasteiger partial charge in [-0.2, -0.15) is 0 Å². The van der Waals surface area contributed by atoms with Crippen molar-refractivity contribution >= 4 is 28.9 Å². The van der Waals surface area contributed by atoms with Crippen molar-refractivity contribution in [2.24, 2.45) is 0 Å². The van der Waals surface area contributed by atoms with Crippen molar-refractivity contribution < 1.29 is 4.79 Å². The third kappa shape index (κ3) is 4.82. The fourth-order valence-electron chi connectivity index (χ4n) is 2.54. The van der Waals surface area contributed by atoms with E-state index in [1.807, 2.05) is 87.4 Å². The van der Waals surface area contributed by atoms with Crippen LogP contribution in [0.25, 0.3) is 0 Å². The number of rotatable bonds is 5. The highest BCUT2D eigenvalue weighted by atomic mass is 16.1. The molecule has 6 nitrogen and oxygen atoms in total. The van der Waals surface area contributed by atoms with E-state index in [0.29, 0.717) is 11.4 Å². The van der Waals surface area contributed by atoms with Gasteiger partial charge in [0, 0.05) is 37.1 Å². The van der Waals surface area contributed by atoms with E-state index in [9.17, 15) is 4.79 Å². The lowest BCUT2D eigenvalue weighted by Gasteiger charge is -2.14. The van der Waals surface area contributed by atoms with Crippen LogP contribution in [0, 0.1) is 13.8 Å². The fourth-order valence-corrected chi connectivity index (χ4v) is 2.54. The van der Waals surface area contributed by atoms with Gasteiger partial charge in [-0.05, 0) is 50.2 Å². The number of aryl methyl sites for hydroxylation is 2. The van der Waals surface area contributed by atoms with E-state index in [4.69, 9.17) is 0 Å². The van der Waals surface area contributed by atoms with Crippen LogP contribution < -0.4 is 15.5 Å². The van der Waals surface area contributed by atoms with Gasteiger partial charge < -0.3 is 15.5 Å². The molecule has 0 unspecified atom stereocenters. The molecule has 0 aliphatic heterocycles. The van der Waals surface area contributed by atoms with Gasteiger partial charge in [-0.3, -0.25) is 4.79 Å². The van der Waals surface area contributed by atoms with Crippen molar-refractivity contribution in [2.75, 3.05) is 29.6 Å². The molecule has 0 fully saturated rings. The average Bonchev–Trinajstić information content (AvgIpc) is 2.63. The summed E-state index contributed by atoms with van der Waals surface area (Å²) in [4.78, 5) is 23.0. The predicted octanol–water partition coefficient (Wildman–Crippen LogP) is 4.16. The Morgan fingerprint density at radius 2 is 1.52 bits per heavy atom. The third-order valence-corrected chi connectivity index (χ3v) is 4.01. The maximum Gasteiger partial charge on any atom is 0.255 e. The lowest BCUT2D eigenvalue weighted by Crippen LogP contribution is -2.12. The minimum atomic E-state index is -0.127. The number of hydrogen-bond acceptors (Lipinski definition) is 5. The fraction of sp³-hybridized carbons (Fsp3) is 0.190. The summed E-state index contributed by atoms with van der Waals surface area (Å²) in [5.74, 6) is 2.14. The summed E-state index contributed by atoms with van der Waals surface area (Å²) in [5.41, 5.74) is 3.37. The molecule has 0 aliphatic carbocycles. The molecule has 2 N–H and O–H groups in total. The van der Waals surface area contributed by atoms with Crippen LogP contribution in [0.15, 0.2) is 54.6 Å². The van der Waals surface area contributed by atoms with E-state index in [2.05, 4.69) is 20.6 Å². The van der Waals surface area contributed by atoms with Crippen LogP contribution in [0.3, 0.4) is 0 Å². The van der Waals surface area contributed by atoms with Crippen LogP contribution in [0.4, 0.5) is 23.0 Å². The Hall–Kier alpha value is -3.41. The van der Waals surface area contributed by atoms with Crippen LogP contribution in [0.5, 0.6) is 0 Å². The number of carbonyl (C=O) groups is 1. The van der Waals surface area contributed by atoms with Gasteiger partial charge in [-0.25, -0.2) is 9.97 Å². The topological polar surface area (TPSA) is 70.2 Å². The molecule has 0 radical (unpaired) electrons. The lowest BCUT2D eigenvalue weighted by molar-refractivity contribution is 0.102. The zero-order chi connectivity index (χ0) is 19.4. The lowest BCUT2D eigenvalue weighted by atomic mass is 10.1. The number of anilines is 4. The van der Waals surface area contributed by atoms with E-state index in [1.54, 1.807) is 0 Å². The molecule has 0 spiro atoms. The summed E-state index contributed by atoms with van der Waals surface area (Å²) in [6, 6.07) is 16.9. The van der Waals surface area contributed by atoms with Crippen LogP contribution >= 0.6 is 0 Å². The van der Waals surface area contributed by atoms with Crippen molar-refractivity contribution in [1.29, 1.82) is 0 Å². The molecule has 27 heavy (non-hydrogen) atoms. The largest absolute Gasteiger partial charge is 0.363 e. The monoisotopic (exact) mass is 361 g/mol. The Kier molecular flexibility index (Phi) is 5.35. The first kappa shape index (κ1) is 18.4. The Labute approximate surface area is 159 Å². The number of amides is 1. The number of carbonyl (C=O) groups excluding carboxylic acids is 1. The molecule has 1 aromatic heterocycles. The molecule has 2 aromatic carbocycles. The number of nitrogens with zero attached hydrogens (tertiary/aromatic N) is 3. The normalized spacial score (nSPS) is 10.4. The second-order valence-corrected chi connectivity index (χ2v) is 6.58. The first-order valence-electron chi connectivity index (χ1n) is 8.69. The SMILES string of the molecule is Cc1ccc(C(=O)Nc2ccc(Nc3cc(N(C)C)nc(C)n3)cc2)cc1. The number of benzene rings is 2. The summed E-state index contributed by atoms with van der Waals surface area (Å²) < 4.78 is 0. The zero-order valence-corrected chi connectivity index (χ0v) is 15.9. The summed E-state index contributed by atoms with van der Waals surface area (Å²) >= 11 is 0. The van der Waals surface area contributed by atoms with Crippen LogP contribution in [-0.2, 0) is 0 Å². The van der Waals surface area contributed by atoms with Gasteiger partial charge in [0.15, 0.2) is 0 Å². The molecule has 0 aliphatic rings. The zero-order valence-electron chi connectivity index (χ0n) is 15.9. The highest BCUT2D eigenvalue weighted by Gasteiger charge is 2.07. The van der Waals surface area contributed by atoms with Gasteiger partial charge in [-0.1, -0.05) is 17.7 Å². The maximum absolute atomic E-state index is 12.3. The smallest absolute Gasteiger partial charge is 0.255 e. The van der Waals surface area contributed by atoms with Crippen LogP contribution in [0.2, 0.25) is 0 Å². The van der Waals surface area contributed by atoms with Crippen LogP contribution in [-0.4, -0.2) is 30.0 Å². The van der Waals surface area contributed by atoms with E-state index in [0.717, 1.165) is 28.6 Å². The van der Waals surface area contributed by atoms with Crippen molar-refractivity contribution in [3.8, 4) is 0 Å². The molecule has 3 aromatic rings. The Balaban J connectivity index is 1.68. The second-order valence-electron chi connectivity index (χ2n) is 6.58. The van der Waals surface area contributed by atoms with Gasteiger partial charge in [0.1, 0.15) is 17.5 Å². The molecular weight excluding hydrogens is 338 g/mol. The maximum atomic E-state index is 12.3. The standard InChI is InChI=1S/C21H23N5O/c1-14-5-7-16(8-6-14)21(27)25-18-11-9-17(10-12-18)24-19-13-20(26(3)4)23-15(2)22-19/h5-13H,1-4H3,(H,25,27)(H,22,23,24). The second kappa shape index (κ2) is 7.86. The van der Waals surface area contributed by atoms with Crippen molar-refractivity contribution in [3.63, 3.8) is 0 Å². The van der Waals surface area contributed by atoms with Crippen molar-refractivity contribution in [3.05, 3.63) is 71.5 Å². The molecule has 0 saturated carbocycles. The minimum absolute atomic E-state index is 0.127. The highest BCUT2D eigenvalue weighted by molar-refractivity contribution is 6.04. The Bertz CT molecular complexity index is 934. The molecule has 1 heterocycles. The number of nitrogens with one attached hydrogen (secondary N) is 2. The molecule has 6 heteroatoms. The van der Waals surface area contributed by atoms with E-state index in [-0.39, 0.29) is 5.91 Å². The van der Waals surface area contributed by atoms with Gasteiger partial charge in [0.25, 0.3) is 5.91 Å². The average molecular weight is 361 g/mol. The van der Waals surface area contributed by atoms with Crippen molar-refractivity contribution in [2.45, 2.75) is 13.8 Å². The highest BCUT2D eigenvalue weighted by Crippen LogP contribution is 2.20. The molecule has 3 rings (SSSR count). The van der Waals surface area contributed by atoms with Crippen molar-refractivity contribution in [1.82, 2.24) is 9.97 Å². The van der Waals surface area contributed by atoms with E-state index >= 15 is 0 Å². The van der Waals surface area contributed by atoms with E-state index in [1.165, 1.54) is 0 Å². The molecular formula is C21H23N5O. The van der Waals surface area contributed by atoms with Gasteiger partial charge in [0.05, 0.1) is 0 Å². The third-order valence-electron chi connectivity index (χ3n) is 4.01. The summed E-state index contributed by atoms with van der Waals surface area (Å²) in [6.45, 7) is 3.86. The van der Waals surface area contributed by atoms with Gasteiger partial charge in [-0.15, -0.1) is 0 Å². The number of aromatic nitrogens is 2. The molecule has 0 saturated heterocycles. The molecule has 138 valence electrons. The van der Waals surface area contributed by atoms with E-state index < -0.39 is 0 Å². The molecule has 1 amide bonds. The van der Waals surface area contributed by atoms with Crippen LogP contribution in [0.1, 0.15) is 21.7 Å². The van der Waals surface area contributed by atoms with Gasteiger partial charge >= 0.3 is 0 Å². The summed E-state index contributed by atoms with van der Waals surface area (Å²) in [7, 11) is 3.88. The first-order valence-corrected chi connectivity index (χ1v) is 8.69.